The summed E-state index contributed by atoms with van der Waals surface area (Å²) in [6.45, 7) is 16.4. The molecular weight excluding hydrogens is 527 g/mol. The Bertz CT molecular complexity index is 1140. The van der Waals surface area contributed by atoms with Crippen molar-refractivity contribution < 1.29 is 18.3 Å². The SMILES string of the molecule is CCOc1cc([C@H](C)N2CC3(CC3)c3c(Br)cc(CO[Si](C)(C)C(C)(C)C)cc3C2=O)ncc1F. The number of pyridine rings is 1. The van der Waals surface area contributed by atoms with Gasteiger partial charge < -0.3 is 14.1 Å². The highest BCUT2D eigenvalue weighted by Crippen LogP contribution is 2.56. The molecule has 35 heavy (non-hydrogen) atoms. The van der Waals surface area contributed by atoms with Crippen LogP contribution in [0.5, 0.6) is 5.75 Å². The van der Waals surface area contributed by atoms with E-state index in [1.807, 2.05) is 24.8 Å². The Morgan fingerprint density at radius 1 is 1.26 bits per heavy atom. The Morgan fingerprint density at radius 3 is 2.54 bits per heavy atom. The smallest absolute Gasteiger partial charge is 0.254 e. The highest BCUT2D eigenvalue weighted by atomic mass is 79.9. The fourth-order valence-electron chi connectivity index (χ4n) is 4.53. The van der Waals surface area contributed by atoms with Crippen LogP contribution in [0.2, 0.25) is 18.1 Å². The van der Waals surface area contributed by atoms with Crippen molar-refractivity contribution in [3.8, 4) is 5.75 Å². The minimum Gasteiger partial charge on any atom is -0.491 e. The van der Waals surface area contributed by atoms with Crippen LogP contribution in [-0.2, 0) is 16.4 Å². The average molecular weight is 564 g/mol. The number of hydrogen-bond donors (Lipinski definition) is 0. The molecule has 0 unspecified atom stereocenters. The number of amides is 1. The van der Waals surface area contributed by atoms with Crippen LogP contribution >= 0.6 is 15.9 Å². The summed E-state index contributed by atoms with van der Waals surface area (Å²) in [6.07, 6.45) is 3.25. The van der Waals surface area contributed by atoms with Crippen molar-refractivity contribution in [2.24, 2.45) is 0 Å². The molecule has 1 aliphatic heterocycles. The molecule has 0 radical (unpaired) electrons. The molecule has 2 aliphatic rings. The maximum absolute atomic E-state index is 14.1. The molecule has 1 saturated carbocycles. The summed E-state index contributed by atoms with van der Waals surface area (Å²) in [5.74, 6) is -0.348. The summed E-state index contributed by atoms with van der Waals surface area (Å²) in [7, 11) is -1.93. The number of rotatable bonds is 7. The molecule has 2 aromatic rings. The fraction of sp³-hybridized carbons (Fsp3) is 0.556. The Kier molecular flexibility index (Phi) is 6.96. The van der Waals surface area contributed by atoms with Crippen LogP contribution in [0.4, 0.5) is 4.39 Å². The predicted octanol–water partition coefficient (Wildman–Crippen LogP) is 7.15. The third-order valence-corrected chi connectivity index (χ3v) is 13.0. The summed E-state index contributed by atoms with van der Waals surface area (Å²) < 4.78 is 27.0. The van der Waals surface area contributed by atoms with Crippen molar-refractivity contribution in [2.45, 2.75) is 83.7 Å². The van der Waals surface area contributed by atoms with E-state index in [2.05, 4.69) is 60.8 Å². The molecule has 190 valence electrons. The average Bonchev–Trinajstić information content (AvgIpc) is 3.55. The second-order valence-corrected chi connectivity index (χ2v) is 17.1. The maximum atomic E-state index is 14.1. The van der Waals surface area contributed by atoms with Gasteiger partial charge in [0, 0.05) is 28.1 Å². The molecule has 1 aliphatic carbocycles. The number of carbonyl (C=O) groups is 1. The number of hydrogen-bond acceptors (Lipinski definition) is 4. The molecule has 1 aromatic carbocycles. The third-order valence-electron chi connectivity index (χ3n) is 7.94. The van der Waals surface area contributed by atoms with E-state index in [9.17, 15) is 9.18 Å². The molecule has 8 heteroatoms. The van der Waals surface area contributed by atoms with Crippen molar-refractivity contribution in [2.75, 3.05) is 13.2 Å². The third kappa shape index (κ3) is 4.94. The highest BCUT2D eigenvalue weighted by molar-refractivity contribution is 9.10. The molecule has 1 amide bonds. The lowest BCUT2D eigenvalue weighted by Gasteiger charge is -2.39. The second kappa shape index (κ2) is 9.27. The molecule has 2 heterocycles. The normalized spacial score (nSPS) is 18.0. The van der Waals surface area contributed by atoms with Crippen molar-refractivity contribution in [1.82, 2.24) is 9.88 Å². The molecule has 1 fully saturated rings. The molecule has 5 nitrogen and oxygen atoms in total. The lowest BCUT2D eigenvalue weighted by molar-refractivity contribution is 0.0633. The Balaban J connectivity index is 1.66. The minimum atomic E-state index is -1.93. The van der Waals surface area contributed by atoms with Gasteiger partial charge in [-0.15, -0.1) is 0 Å². The Hall–Kier alpha value is -1.77. The van der Waals surface area contributed by atoms with Gasteiger partial charge in [0.2, 0.25) is 0 Å². The van der Waals surface area contributed by atoms with Gasteiger partial charge in [0.25, 0.3) is 5.91 Å². The first-order valence-electron chi connectivity index (χ1n) is 12.4. The van der Waals surface area contributed by atoms with Gasteiger partial charge >= 0.3 is 0 Å². The zero-order valence-corrected chi connectivity index (χ0v) is 24.4. The van der Waals surface area contributed by atoms with Crippen LogP contribution < -0.4 is 4.74 Å². The van der Waals surface area contributed by atoms with Gasteiger partial charge in [-0.1, -0.05) is 36.7 Å². The van der Waals surface area contributed by atoms with Crippen LogP contribution in [0.1, 0.15) is 80.7 Å². The molecule has 4 rings (SSSR count). The van der Waals surface area contributed by atoms with E-state index in [0.717, 1.165) is 34.0 Å². The van der Waals surface area contributed by atoms with E-state index in [4.69, 9.17) is 9.16 Å². The van der Waals surface area contributed by atoms with Gasteiger partial charge in [0.15, 0.2) is 19.9 Å². The fourth-order valence-corrected chi connectivity index (χ4v) is 6.42. The first kappa shape index (κ1) is 26.3. The number of nitrogens with zero attached hydrogens (tertiary/aromatic N) is 2. The van der Waals surface area contributed by atoms with Crippen LogP contribution in [0.15, 0.2) is 28.9 Å². The van der Waals surface area contributed by atoms with Crippen molar-refractivity contribution in [3.05, 3.63) is 57.1 Å². The van der Waals surface area contributed by atoms with Gasteiger partial charge in [0.05, 0.1) is 31.1 Å². The molecular formula is C27H36BrFN2O3Si. The van der Waals surface area contributed by atoms with Crippen molar-refractivity contribution >= 4 is 30.2 Å². The molecule has 0 N–H and O–H groups in total. The monoisotopic (exact) mass is 562 g/mol. The molecule has 1 aromatic heterocycles. The van der Waals surface area contributed by atoms with Gasteiger partial charge in [-0.2, -0.15) is 0 Å². The summed E-state index contributed by atoms with van der Waals surface area (Å²) in [6, 6.07) is 5.44. The first-order valence-corrected chi connectivity index (χ1v) is 16.1. The van der Waals surface area contributed by atoms with Crippen LogP contribution in [0.25, 0.3) is 0 Å². The number of halogens is 2. The molecule has 1 atom stereocenters. The molecule has 0 bridgehead atoms. The summed E-state index contributed by atoms with van der Waals surface area (Å²) in [5.41, 5.74) is 3.43. The Labute approximate surface area is 217 Å². The van der Waals surface area contributed by atoms with E-state index < -0.39 is 14.1 Å². The quantitative estimate of drug-likeness (QED) is 0.336. The predicted molar refractivity (Wildman–Crippen MR) is 142 cm³/mol. The standard InChI is InChI=1S/C27H36BrFN2O3Si/c1-8-33-23-13-22(30-14-21(23)29)17(2)31-16-27(9-10-27)24-19(25(31)32)11-18(12-20(24)28)15-34-35(6,7)26(3,4)5/h11-14,17H,8-10,15-16H2,1-7H3/t17-/m0/s1. The Morgan fingerprint density at radius 2 is 1.94 bits per heavy atom. The number of ether oxygens (including phenoxy) is 1. The van der Waals surface area contributed by atoms with Gasteiger partial charge in [0.1, 0.15) is 0 Å². The summed E-state index contributed by atoms with van der Waals surface area (Å²) >= 11 is 3.79. The van der Waals surface area contributed by atoms with Gasteiger partial charge in [-0.3, -0.25) is 9.78 Å². The zero-order chi connectivity index (χ0) is 25.8. The summed E-state index contributed by atoms with van der Waals surface area (Å²) in [5, 5.41) is 0.112. The second-order valence-electron chi connectivity index (χ2n) is 11.4. The molecule has 0 saturated heterocycles. The van der Waals surface area contributed by atoms with E-state index in [0.29, 0.717) is 25.5 Å². The zero-order valence-electron chi connectivity index (χ0n) is 21.8. The largest absolute Gasteiger partial charge is 0.491 e. The van der Waals surface area contributed by atoms with E-state index in [-0.39, 0.29) is 28.2 Å². The van der Waals surface area contributed by atoms with Gasteiger partial charge in [-0.05, 0) is 68.1 Å². The van der Waals surface area contributed by atoms with Gasteiger partial charge in [-0.25, -0.2) is 4.39 Å². The van der Waals surface area contributed by atoms with Crippen LogP contribution in [0, 0.1) is 5.82 Å². The topological polar surface area (TPSA) is 51.7 Å². The van der Waals surface area contributed by atoms with Crippen LogP contribution in [0.3, 0.4) is 0 Å². The number of benzene rings is 1. The maximum Gasteiger partial charge on any atom is 0.254 e. The number of fused-ring (bicyclic) bond motifs is 2. The van der Waals surface area contributed by atoms with Crippen molar-refractivity contribution in [3.63, 3.8) is 0 Å². The first-order chi connectivity index (χ1) is 16.3. The lowest BCUT2D eigenvalue weighted by atomic mass is 9.84. The van der Waals surface area contributed by atoms with Crippen molar-refractivity contribution in [1.29, 1.82) is 0 Å². The number of carbonyl (C=O) groups excluding carboxylic acids is 1. The lowest BCUT2D eigenvalue weighted by Crippen LogP contribution is -2.45. The van der Waals surface area contributed by atoms with Crippen LogP contribution in [-0.4, -0.2) is 37.3 Å². The van der Waals surface area contributed by atoms with E-state index in [1.165, 1.54) is 6.20 Å². The van der Waals surface area contributed by atoms with E-state index in [1.54, 1.807) is 6.07 Å². The number of aromatic nitrogens is 1. The highest BCUT2D eigenvalue weighted by Gasteiger charge is 2.53. The molecule has 1 spiro atoms. The minimum absolute atomic E-state index is 0.0241. The summed E-state index contributed by atoms with van der Waals surface area (Å²) in [4.78, 5) is 20.0. The van der Waals surface area contributed by atoms with E-state index >= 15 is 0 Å².